The maximum atomic E-state index is 12.1. The topological polar surface area (TPSA) is 124 Å². The molecule has 0 N–H and O–H groups in total. The summed E-state index contributed by atoms with van der Waals surface area (Å²) in [4.78, 5) is 48.1. The van der Waals surface area contributed by atoms with Gasteiger partial charge in [-0.25, -0.2) is 14.4 Å². The van der Waals surface area contributed by atoms with Crippen LogP contribution in [-0.4, -0.2) is 55.9 Å². The van der Waals surface area contributed by atoms with Gasteiger partial charge in [-0.15, -0.1) is 0 Å². The molecule has 10 heteroatoms. The third-order valence-corrected chi connectivity index (χ3v) is 6.70. The molecule has 0 aliphatic carbocycles. The van der Waals surface area contributed by atoms with E-state index in [1.165, 1.54) is 20.8 Å². The molecule has 2 unspecified atom stereocenters. The Balaban J connectivity index is 2.07. The van der Waals surface area contributed by atoms with Crippen molar-refractivity contribution in [2.75, 3.05) is 19.8 Å². The van der Waals surface area contributed by atoms with Crippen LogP contribution in [0.1, 0.15) is 59.1 Å². The van der Waals surface area contributed by atoms with Crippen molar-refractivity contribution in [3.8, 4) is 11.5 Å². The molecule has 2 aromatic carbocycles. The molecule has 0 radical (unpaired) electrons. The number of carbonyl (C=O) groups is 4. The van der Waals surface area contributed by atoms with E-state index in [2.05, 4.69) is 40.2 Å². The van der Waals surface area contributed by atoms with Crippen LogP contribution in [0.5, 0.6) is 11.5 Å². The molecule has 0 aromatic heterocycles. The molecule has 0 aliphatic heterocycles. The molecular formula is C37H44O10. The van der Waals surface area contributed by atoms with Gasteiger partial charge in [0.15, 0.2) is 6.10 Å². The molecule has 0 bridgehead atoms. The van der Waals surface area contributed by atoms with Crippen LogP contribution in [0.3, 0.4) is 0 Å². The molecule has 2 aromatic rings. The van der Waals surface area contributed by atoms with Crippen LogP contribution in [-0.2, 0) is 43.5 Å². The minimum atomic E-state index is -0.886. The summed E-state index contributed by atoms with van der Waals surface area (Å²) in [5.74, 6) is -1.15. The molecule has 0 aliphatic rings. The van der Waals surface area contributed by atoms with Gasteiger partial charge in [0.2, 0.25) is 0 Å². The van der Waals surface area contributed by atoms with Gasteiger partial charge >= 0.3 is 23.9 Å². The van der Waals surface area contributed by atoms with Crippen LogP contribution < -0.4 is 9.47 Å². The second kappa shape index (κ2) is 17.5. The van der Waals surface area contributed by atoms with Crippen molar-refractivity contribution in [3.05, 3.63) is 108 Å². The standard InChI is InChI=1S/C37H44O10/c1-23(2)34(39)44-22-32(47-36(41)25(5)6)21-43-30-17-13-28(14-18-30)37(9,10)27-11-15-29(16-12-27)42-20-31(46-35(40)24(3)4)19-33(38)45-26(7)8/h11-18,31-32H,1,3,5,7,19-22H2,2,4,6,8-10H3. The highest BCUT2D eigenvalue weighted by Crippen LogP contribution is 2.33. The normalized spacial score (nSPS) is 12.0. The monoisotopic (exact) mass is 648 g/mol. The van der Waals surface area contributed by atoms with Gasteiger partial charge in [-0.3, -0.25) is 4.79 Å². The summed E-state index contributed by atoms with van der Waals surface area (Å²) in [5, 5.41) is 0. The minimum absolute atomic E-state index is 0.0466. The SMILES string of the molecule is C=C(C)OC(=O)CC(COc1ccc(C(C)(C)c2ccc(OCC(COC(=O)C(=C)C)OC(=O)C(=C)C)cc2)cc1)OC(=O)C(=C)C. The number of hydrogen-bond donors (Lipinski definition) is 0. The first-order valence-corrected chi connectivity index (χ1v) is 14.9. The van der Waals surface area contributed by atoms with Gasteiger partial charge in [0.05, 0.1) is 12.2 Å². The van der Waals surface area contributed by atoms with Crippen LogP contribution in [0.2, 0.25) is 0 Å². The lowest BCUT2D eigenvalue weighted by Crippen LogP contribution is -2.31. The van der Waals surface area contributed by atoms with Crippen molar-refractivity contribution in [2.45, 2.75) is 65.6 Å². The average molecular weight is 649 g/mol. The van der Waals surface area contributed by atoms with E-state index < -0.39 is 41.5 Å². The lowest BCUT2D eigenvalue weighted by Gasteiger charge is -2.27. The van der Waals surface area contributed by atoms with E-state index in [1.54, 1.807) is 31.2 Å². The van der Waals surface area contributed by atoms with E-state index in [9.17, 15) is 19.2 Å². The van der Waals surface area contributed by atoms with Crippen molar-refractivity contribution in [2.24, 2.45) is 0 Å². The summed E-state index contributed by atoms with van der Waals surface area (Å²) < 4.78 is 32.6. The Morgan fingerprint density at radius 1 is 0.617 bits per heavy atom. The van der Waals surface area contributed by atoms with Crippen LogP contribution in [0.4, 0.5) is 0 Å². The fraction of sp³-hybridized carbons (Fsp3) is 0.351. The molecule has 0 amide bonds. The summed E-state index contributed by atoms with van der Waals surface area (Å²) in [5.41, 5.74) is 2.23. The van der Waals surface area contributed by atoms with E-state index in [0.29, 0.717) is 11.5 Å². The van der Waals surface area contributed by atoms with E-state index in [4.69, 9.17) is 28.4 Å². The van der Waals surface area contributed by atoms with E-state index in [1.807, 2.05) is 24.3 Å². The van der Waals surface area contributed by atoms with E-state index in [0.717, 1.165) is 11.1 Å². The highest BCUT2D eigenvalue weighted by molar-refractivity contribution is 5.88. The Kier molecular flexibility index (Phi) is 14.2. The van der Waals surface area contributed by atoms with Gasteiger partial charge in [0, 0.05) is 22.1 Å². The first-order chi connectivity index (χ1) is 22.0. The molecule has 2 rings (SSSR count). The van der Waals surface area contributed by atoms with Crippen molar-refractivity contribution in [1.29, 1.82) is 0 Å². The number of esters is 4. The minimum Gasteiger partial charge on any atom is -0.490 e. The van der Waals surface area contributed by atoms with Gasteiger partial charge < -0.3 is 28.4 Å². The van der Waals surface area contributed by atoms with Gasteiger partial charge in [0.1, 0.15) is 37.4 Å². The molecule has 0 saturated carbocycles. The number of ether oxygens (including phenoxy) is 6. The van der Waals surface area contributed by atoms with Crippen LogP contribution >= 0.6 is 0 Å². The molecule has 0 heterocycles. The fourth-order valence-electron chi connectivity index (χ4n) is 3.95. The van der Waals surface area contributed by atoms with Crippen molar-refractivity contribution in [1.82, 2.24) is 0 Å². The number of allylic oxidation sites excluding steroid dienone is 1. The largest absolute Gasteiger partial charge is 0.490 e. The summed E-state index contributed by atoms with van der Waals surface area (Å²) in [6, 6.07) is 14.9. The van der Waals surface area contributed by atoms with E-state index >= 15 is 0 Å². The van der Waals surface area contributed by atoms with Gasteiger partial charge in [0.25, 0.3) is 0 Å². The van der Waals surface area contributed by atoms with Crippen molar-refractivity contribution < 1.29 is 47.6 Å². The molecule has 0 saturated heterocycles. The predicted octanol–water partition coefficient (Wildman–Crippen LogP) is 6.33. The Bertz CT molecular complexity index is 1480. The second-order valence-corrected chi connectivity index (χ2v) is 11.7. The molecule has 0 fully saturated rings. The average Bonchev–Trinajstić information content (AvgIpc) is 3.00. The highest BCUT2D eigenvalue weighted by Gasteiger charge is 2.25. The zero-order valence-electron chi connectivity index (χ0n) is 28.0. The zero-order chi connectivity index (χ0) is 35.3. The fourth-order valence-corrected chi connectivity index (χ4v) is 3.95. The van der Waals surface area contributed by atoms with Crippen molar-refractivity contribution >= 4 is 23.9 Å². The summed E-state index contributed by atoms with van der Waals surface area (Å²) in [6.07, 6.45) is -1.94. The molecule has 47 heavy (non-hydrogen) atoms. The third kappa shape index (κ3) is 12.7. The first-order valence-electron chi connectivity index (χ1n) is 14.9. The first kappa shape index (κ1) is 38.1. The molecule has 10 nitrogen and oxygen atoms in total. The quantitative estimate of drug-likeness (QED) is 0.0784. The molecule has 0 spiro atoms. The Morgan fingerprint density at radius 3 is 1.43 bits per heavy atom. The van der Waals surface area contributed by atoms with E-state index in [-0.39, 0.29) is 48.7 Å². The summed E-state index contributed by atoms with van der Waals surface area (Å²) in [6.45, 7) is 24.2. The smallest absolute Gasteiger partial charge is 0.333 e. The number of hydrogen-bond acceptors (Lipinski definition) is 10. The van der Waals surface area contributed by atoms with Gasteiger partial charge in [-0.05, 0) is 63.1 Å². The van der Waals surface area contributed by atoms with Gasteiger partial charge in [-0.2, -0.15) is 0 Å². The summed E-state index contributed by atoms with van der Waals surface area (Å²) in [7, 11) is 0. The second-order valence-electron chi connectivity index (χ2n) is 11.7. The Morgan fingerprint density at radius 2 is 1.02 bits per heavy atom. The molecule has 252 valence electrons. The Hall–Kier alpha value is -5.12. The highest BCUT2D eigenvalue weighted by atomic mass is 16.6. The number of benzene rings is 2. The van der Waals surface area contributed by atoms with Crippen LogP contribution in [0.15, 0.2) is 97.3 Å². The van der Waals surface area contributed by atoms with Gasteiger partial charge in [-0.1, -0.05) is 64.4 Å². The lowest BCUT2D eigenvalue weighted by molar-refractivity contribution is -0.155. The van der Waals surface area contributed by atoms with Crippen LogP contribution in [0, 0.1) is 0 Å². The van der Waals surface area contributed by atoms with Crippen LogP contribution in [0.25, 0.3) is 0 Å². The van der Waals surface area contributed by atoms with Crippen molar-refractivity contribution in [3.63, 3.8) is 0 Å². The zero-order valence-corrected chi connectivity index (χ0v) is 28.0. The molecule has 2 atom stereocenters. The summed E-state index contributed by atoms with van der Waals surface area (Å²) >= 11 is 0. The predicted molar refractivity (Wildman–Crippen MR) is 177 cm³/mol. The maximum Gasteiger partial charge on any atom is 0.333 e. The lowest BCUT2D eigenvalue weighted by atomic mass is 9.78. The Labute approximate surface area is 276 Å². The number of rotatable bonds is 18. The maximum absolute atomic E-state index is 12.1. The molecular weight excluding hydrogens is 604 g/mol. The number of carbonyl (C=O) groups excluding carboxylic acids is 4. The third-order valence-electron chi connectivity index (χ3n) is 6.70.